The molecule has 266 valence electrons. The standard InChI is InChI=1S/C40H72N2O4/c1-5-9-13-17-23-29-41(30-24-18-14-10-6-2)33-35-45-39(43)37-27-21-22-28-38(37)40(44)46-36-34-42(31-25-19-15-11-7-3)32-26-20-16-12-8-4/h21-22,27-28H,5-20,23-26,29-36H2,1-4H3. The number of carbonyl (C=O) groups is 2. The summed E-state index contributed by atoms with van der Waals surface area (Å²) in [5, 5.41) is 0. The summed E-state index contributed by atoms with van der Waals surface area (Å²) >= 11 is 0. The summed E-state index contributed by atoms with van der Waals surface area (Å²) in [5.74, 6) is -0.890. The highest BCUT2D eigenvalue weighted by Gasteiger charge is 2.20. The van der Waals surface area contributed by atoms with E-state index in [9.17, 15) is 9.59 Å². The zero-order valence-corrected chi connectivity index (χ0v) is 30.6. The molecule has 0 aromatic heterocycles. The second-order valence-corrected chi connectivity index (χ2v) is 13.2. The van der Waals surface area contributed by atoms with Crippen molar-refractivity contribution in [3.05, 3.63) is 35.4 Å². The Labute approximate surface area is 284 Å². The largest absolute Gasteiger partial charge is 0.461 e. The van der Waals surface area contributed by atoms with Gasteiger partial charge in [-0.2, -0.15) is 0 Å². The zero-order valence-electron chi connectivity index (χ0n) is 30.6. The van der Waals surface area contributed by atoms with E-state index < -0.39 is 11.9 Å². The summed E-state index contributed by atoms with van der Waals surface area (Å²) in [5.41, 5.74) is 0.587. The third-order valence-electron chi connectivity index (χ3n) is 8.96. The maximum atomic E-state index is 13.1. The van der Waals surface area contributed by atoms with E-state index in [0.717, 1.165) is 39.3 Å². The van der Waals surface area contributed by atoms with Gasteiger partial charge in [-0.25, -0.2) is 9.59 Å². The minimum absolute atomic E-state index is 0.293. The highest BCUT2D eigenvalue weighted by molar-refractivity contribution is 6.03. The van der Waals surface area contributed by atoms with E-state index in [4.69, 9.17) is 9.47 Å². The average Bonchev–Trinajstić information content (AvgIpc) is 3.07. The number of hydrogen-bond acceptors (Lipinski definition) is 6. The van der Waals surface area contributed by atoms with E-state index in [-0.39, 0.29) is 0 Å². The van der Waals surface area contributed by atoms with Crippen molar-refractivity contribution in [1.29, 1.82) is 0 Å². The summed E-state index contributed by atoms with van der Waals surface area (Å²) in [7, 11) is 0. The lowest BCUT2D eigenvalue weighted by Crippen LogP contribution is -2.31. The Morgan fingerprint density at radius 1 is 0.435 bits per heavy atom. The molecular weight excluding hydrogens is 572 g/mol. The molecule has 0 saturated carbocycles. The highest BCUT2D eigenvalue weighted by Crippen LogP contribution is 2.14. The first-order valence-electron chi connectivity index (χ1n) is 19.4. The van der Waals surface area contributed by atoms with Crippen LogP contribution >= 0.6 is 0 Å². The fraction of sp³-hybridized carbons (Fsp3) is 0.800. The number of benzene rings is 1. The van der Waals surface area contributed by atoms with E-state index in [1.54, 1.807) is 24.3 Å². The second kappa shape index (κ2) is 30.4. The fourth-order valence-corrected chi connectivity index (χ4v) is 5.96. The quantitative estimate of drug-likeness (QED) is 0.0574. The molecule has 0 fully saturated rings. The van der Waals surface area contributed by atoms with Crippen LogP contribution in [0.2, 0.25) is 0 Å². The molecule has 0 aliphatic heterocycles. The van der Waals surface area contributed by atoms with Gasteiger partial charge in [0.2, 0.25) is 0 Å². The van der Waals surface area contributed by atoms with Crippen molar-refractivity contribution in [2.75, 3.05) is 52.5 Å². The summed E-state index contributed by atoms with van der Waals surface area (Å²) in [6.07, 6.45) is 25.1. The smallest absolute Gasteiger partial charge is 0.339 e. The van der Waals surface area contributed by atoms with Crippen LogP contribution in [0.4, 0.5) is 0 Å². The van der Waals surface area contributed by atoms with E-state index >= 15 is 0 Å². The molecule has 0 aliphatic carbocycles. The SMILES string of the molecule is CCCCCCCN(CCCCCCC)CCOC(=O)c1ccccc1C(=O)OCCN(CCCCCCC)CCCCCCC. The van der Waals surface area contributed by atoms with Crippen LogP contribution in [-0.4, -0.2) is 74.2 Å². The van der Waals surface area contributed by atoms with Crippen LogP contribution < -0.4 is 0 Å². The van der Waals surface area contributed by atoms with Gasteiger partial charge in [0.25, 0.3) is 0 Å². The third-order valence-corrected chi connectivity index (χ3v) is 8.96. The number of ether oxygens (including phenoxy) is 2. The van der Waals surface area contributed by atoms with E-state index in [1.165, 1.54) is 128 Å². The molecule has 0 bridgehead atoms. The van der Waals surface area contributed by atoms with E-state index in [0.29, 0.717) is 24.3 Å². The minimum atomic E-state index is -0.445. The molecule has 0 aliphatic rings. The molecule has 1 rings (SSSR count). The molecule has 6 nitrogen and oxygen atoms in total. The number of rotatable bonds is 32. The average molecular weight is 645 g/mol. The van der Waals surface area contributed by atoms with Gasteiger partial charge in [-0.05, 0) is 64.0 Å². The van der Waals surface area contributed by atoms with Gasteiger partial charge in [-0.3, -0.25) is 9.80 Å². The summed E-state index contributed by atoms with van der Waals surface area (Å²) in [6.45, 7) is 15.3. The first-order chi connectivity index (χ1) is 22.6. The van der Waals surface area contributed by atoms with Crippen molar-refractivity contribution < 1.29 is 19.1 Å². The summed E-state index contributed by atoms with van der Waals surface area (Å²) < 4.78 is 11.5. The topological polar surface area (TPSA) is 59.1 Å². The Bertz CT molecular complexity index is 764. The van der Waals surface area contributed by atoms with Gasteiger partial charge in [0.15, 0.2) is 0 Å². The maximum absolute atomic E-state index is 13.1. The molecule has 6 heteroatoms. The molecule has 0 atom stereocenters. The van der Waals surface area contributed by atoms with Gasteiger partial charge >= 0.3 is 11.9 Å². The van der Waals surface area contributed by atoms with Gasteiger partial charge in [0.05, 0.1) is 11.1 Å². The first-order valence-corrected chi connectivity index (χ1v) is 19.4. The minimum Gasteiger partial charge on any atom is -0.461 e. The Morgan fingerprint density at radius 2 is 0.717 bits per heavy atom. The molecule has 0 spiro atoms. The van der Waals surface area contributed by atoms with Crippen LogP contribution in [0.15, 0.2) is 24.3 Å². The second-order valence-electron chi connectivity index (χ2n) is 13.2. The molecule has 1 aromatic rings. The van der Waals surface area contributed by atoms with Crippen LogP contribution in [-0.2, 0) is 9.47 Å². The normalized spacial score (nSPS) is 11.4. The number of unbranched alkanes of at least 4 members (excludes halogenated alkanes) is 16. The Morgan fingerprint density at radius 3 is 1.00 bits per heavy atom. The highest BCUT2D eigenvalue weighted by atomic mass is 16.5. The van der Waals surface area contributed by atoms with Crippen molar-refractivity contribution >= 4 is 11.9 Å². The van der Waals surface area contributed by atoms with Crippen molar-refractivity contribution in [2.45, 2.75) is 156 Å². The summed E-state index contributed by atoms with van der Waals surface area (Å²) in [6, 6.07) is 6.92. The number of nitrogens with zero attached hydrogens (tertiary/aromatic N) is 2. The number of hydrogen-bond donors (Lipinski definition) is 0. The molecule has 0 N–H and O–H groups in total. The molecule has 0 heterocycles. The summed E-state index contributed by atoms with van der Waals surface area (Å²) in [4.78, 5) is 31.2. The molecule has 0 unspecified atom stereocenters. The lowest BCUT2D eigenvalue weighted by Gasteiger charge is -2.22. The van der Waals surface area contributed by atoms with Gasteiger partial charge in [0.1, 0.15) is 13.2 Å². The zero-order chi connectivity index (χ0) is 33.5. The lowest BCUT2D eigenvalue weighted by atomic mass is 10.1. The fourth-order valence-electron chi connectivity index (χ4n) is 5.96. The maximum Gasteiger partial charge on any atom is 0.339 e. The van der Waals surface area contributed by atoms with Crippen LogP contribution in [0.3, 0.4) is 0 Å². The Balaban J connectivity index is 2.62. The predicted octanol–water partition coefficient (Wildman–Crippen LogP) is 10.5. The van der Waals surface area contributed by atoms with Crippen LogP contribution in [0.5, 0.6) is 0 Å². The number of esters is 2. The predicted molar refractivity (Wildman–Crippen MR) is 195 cm³/mol. The Kier molecular flexibility index (Phi) is 27.8. The molecule has 0 amide bonds. The van der Waals surface area contributed by atoms with E-state index in [1.807, 2.05) is 0 Å². The van der Waals surface area contributed by atoms with Crippen molar-refractivity contribution in [3.63, 3.8) is 0 Å². The van der Waals surface area contributed by atoms with Crippen LogP contribution in [0.25, 0.3) is 0 Å². The van der Waals surface area contributed by atoms with E-state index in [2.05, 4.69) is 37.5 Å². The Hall–Kier alpha value is -1.92. The molecule has 1 aromatic carbocycles. The van der Waals surface area contributed by atoms with Gasteiger partial charge in [0, 0.05) is 13.1 Å². The van der Waals surface area contributed by atoms with Crippen molar-refractivity contribution in [2.24, 2.45) is 0 Å². The van der Waals surface area contributed by atoms with Gasteiger partial charge in [-0.1, -0.05) is 143 Å². The lowest BCUT2D eigenvalue weighted by molar-refractivity contribution is 0.0413. The molecular formula is C40H72N2O4. The van der Waals surface area contributed by atoms with Crippen molar-refractivity contribution in [1.82, 2.24) is 9.80 Å². The number of carbonyl (C=O) groups excluding carboxylic acids is 2. The van der Waals surface area contributed by atoms with Crippen LogP contribution in [0.1, 0.15) is 177 Å². The molecule has 0 radical (unpaired) electrons. The van der Waals surface area contributed by atoms with Gasteiger partial charge < -0.3 is 9.47 Å². The monoisotopic (exact) mass is 645 g/mol. The van der Waals surface area contributed by atoms with Crippen molar-refractivity contribution in [3.8, 4) is 0 Å². The van der Waals surface area contributed by atoms with Gasteiger partial charge in [-0.15, -0.1) is 0 Å². The molecule has 46 heavy (non-hydrogen) atoms. The van der Waals surface area contributed by atoms with Crippen LogP contribution in [0, 0.1) is 0 Å². The third kappa shape index (κ3) is 21.8. The first kappa shape index (κ1) is 42.1. The molecule has 0 saturated heterocycles.